The number of benzene rings is 1. The lowest BCUT2D eigenvalue weighted by molar-refractivity contribution is 0.139. The largest absolute Gasteiger partial charge is 0.472 e. The van der Waals surface area contributed by atoms with Crippen LogP contribution in [0, 0.1) is 0 Å². The van der Waals surface area contributed by atoms with Crippen molar-refractivity contribution in [2.45, 2.75) is 38.8 Å². The second-order valence-corrected chi connectivity index (χ2v) is 7.72. The molecule has 2 aromatic rings. The summed E-state index contributed by atoms with van der Waals surface area (Å²) in [5, 5.41) is 5.82. The van der Waals surface area contributed by atoms with Crippen LogP contribution in [-0.2, 0) is 0 Å². The summed E-state index contributed by atoms with van der Waals surface area (Å²) in [5.74, 6) is 5.95. The summed E-state index contributed by atoms with van der Waals surface area (Å²) in [7, 11) is 0. The predicted octanol–water partition coefficient (Wildman–Crippen LogP) is 2.72. The molecule has 0 saturated carbocycles. The van der Waals surface area contributed by atoms with Crippen LogP contribution in [0.3, 0.4) is 0 Å². The molecule has 3 rings (SSSR count). The number of halogens is 1. The Morgan fingerprint density at radius 3 is 2.80 bits per heavy atom. The van der Waals surface area contributed by atoms with Gasteiger partial charge in [0.25, 0.3) is 0 Å². The fourth-order valence-electron chi connectivity index (χ4n) is 3.11. The lowest BCUT2D eigenvalue weighted by Crippen LogP contribution is -2.40. The van der Waals surface area contributed by atoms with Gasteiger partial charge in [-0.25, -0.2) is 4.98 Å². The zero-order chi connectivity index (χ0) is 18.2. The van der Waals surface area contributed by atoms with Crippen LogP contribution in [0.15, 0.2) is 29.4 Å². The van der Waals surface area contributed by atoms with Crippen molar-refractivity contribution in [3.8, 4) is 5.88 Å². The molecule has 0 radical (unpaired) electrons. The SMILES string of the molecule is CC(C)(C)N1CC[C@H](Oc2nc(C(N)=NN)cc3cccc(Cl)c23)C1. The van der Waals surface area contributed by atoms with Gasteiger partial charge in [-0.3, -0.25) is 4.90 Å². The van der Waals surface area contributed by atoms with Crippen LogP contribution < -0.4 is 16.3 Å². The standard InChI is InChI=1S/C18H24ClN5O/c1-18(2,3)24-8-7-12(10-24)25-17-15-11(5-4-6-13(15)19)9-14(22-17)16(20)23-21/h4-6,9,12H,7-8,10,21H2,1-3H3,(H2,20,23)/t12-/m0/s1. The van der Waals surface area contributed by atoms with Crippen LogP contribution in [0.1, 0.15) is 32.9 Å². The maximum atomic E-state index is 6.40. The van der Waals surface area contributed by atoms with E-state index in [9.17, 15) is 0 Å². The highest BCUT2D eigenvalue weighted by molar-refractivity contribution is 6.36. The molecule has 1 fully saturated rings. The average Bonchev–Trinajstić information content (AvgIpc) is 3.02. The van der Waals surface area contributed by atoms with Crippen molar-refractivity contribution in [3.63, 3.8) is 0 Å². The number of rotatable bonds is 3. The molecule has 0 amide bonds. The van der Waals surface area contributed by atoms with E-state index in [1.165, 1.54) is 0 Å². The first-order valence-electron chi connectivity index (χ1n) is 8.34. The number of fused-ring (bicyclic) bond motifs is 1. The molecule has 4 N–H and O–H groups in total. The molecular weight excluding hydrogens is 338 g/mol. The second kappa shape index (κ2) is 6.69. The smallest absolute Gasteiger partial charge is 0.223 e. The fourth-order valence-corrected chi connectivity index (χ4v) is 3.37. The number of hydrazone groups is 1. The number of amidine groups is 1. The number of ether oxygens (including phenoxy) is 1. The van der Waals surface area contributed by atoms with Gasteiger partial charge in [0, 0.05) is 18.6 Å². The van der Waals surface area contributed by atoms with E-state index in [-0.39, 0.29) is 17.5 Å². The number of nitrogens with zero attached hydrogens (tertiary/aromatic N) is 3. The van der Waals surface area contributed by atoms with Crippen LogP contribution in [0.2, 0.25) is 5.02 Å². The van der Waals surface area contributed by atoms with E-state index in [0.29, 0.717) is 16.6 Å². The molecule has 0 spiro atoms. The first kappa shape index (κ1) is 17.8. The maximum absolute atomic E-state index is 6.40. The molecule has 1 saturated heterocycles. The molecule has 1 aliphatic heterocycles. The summed E-state index contributed by atoms with van der Waals surface area (Å²) in [4.78, 5) is 6.93. The quantitative estimate of drug-likeness (QED) is 0.379. The summed E-state index contributed by atoms with van der Waals surface area (Å²) >= 11 is 6.40. The molecule has 25 heavy (non-hydrogen) atoms. The minimum absolute atomic E-state index is 0.0532. The van der Waals surface area contributed by atoms with E-state index in [1.807, 2.05) is 24.3 Å². The highest BCUT2D eigenvalue weighted by Gasteiger charge is 2.32. The van der Waals surface area contributed by atoms with Gasteiger partial charge in [0.2, 0.25) is 5.88 Å². The summed E-state index contributed by atoms with van der Waals surface area (Å²) < 4.78 is 6.24. The van der Waals surface area contributed by atoms with E-state index >= 15 is 0 Å². The molecular formula is C18H24ClN5O. The third-order valence-electron chi connectivity index (χ3n) is 4.55. The van der Waals surface area contributed by atoms with Crippen molar-refractivity contribution in [2.75, 3.05) is 13.1 Å². The van der Waals surface area contributed by atoms with Crippen molar-refractivity contribution in [1.29, 1.82) is 0 Å². The molecule has 1 atom stereocenters. The topological polar surface area (TPSA) is 89.8 Å². The van der Waals surface area contributed by atoms with E-state index in [4.69, 9.17) is 27.9 Å². The van der Waals surface area contributed by atoms with Gasteiger partial charge >= 0.3 is 0 Å². The van der Waals surface area contributed by atoms with Gasteiger partial charge in [0.15, 0.2) is 5.84 Å². The minimum atomic E-state index is 0.0532. The second-order valence-electron chi connectivity index (χ2n) is 7.31. The first-order chi connectivity index (χ1) is 11.8. The van der Waals surface area contributed by atoms with Crippen LogP contribution in [0.4, 0.5) is 0 Å². The Labute approximate surface area is 152 Å². The normalized spacial score (nSPS) is 19.5. The first-order valence-corrected chi connectivity index (χ1v) is 8.72. The van der Waals surface area contributed by atoms with Crippen molar-refractivity contribution in [3.05, 3.63) is 35.0 Å². The number of likely N-dealkylation sites (tertiary alicyclic amines) is 1. The zero-order valence-corrected chi connectivity index (χ0v) is 15.5. The third-order valence-corrected chi connectivity index (χ3v) is 4.86. The van der Waals surface area contributed by atoms with Crippen molar-refractivity contribution < 1.29 is 4.74 Å². The van der Waals surface area contributed by atoms with Gasteiger partial charge in [0.05, 0.1) is 10.4 Å². The van der Waals surface area contributed by atoms with Crippen LogP contribution in [0.5, 0.6) is 5.88 Å². The average molecular weight is 362 g/mol. The molecule has 6 nitrogen and oxygen atoms in total. The molecule has 1 aromatic carbocycles. The lowest BCUT2D eigenvalue weighted by atomic mass is 10.1. The Hall–Kier alpha value is -2.05. The number of pyridine rings is 1. The van der Waals surface area contributed by atoms with E-state index in [0.717, 1.165) is 30.3 Å². The fraction of sp³-hybridized carbons (Fsp3) is 0.444. The van der Waals surface area contributed by atoms with Crippen LogP contribution in [0.25, 0.3) is 10.8 Å². The molecule has 1 aliphatic rings. The molecule has 7 heteroatoms. The number of hydrogen-bond donors (Lipinski definition) is 2. The third kappa shape index (κ3) is 3.65. The lowest BCUT2D eigenvalue weighted by Gasteiger charge is -2.31. The maximum Gasteiger partial charge on any atom is 0.223 e. The molecule has 1 aromatic heterocycles. The van der Waals surface area contributed by atoms with Crippen molar-refractivity contribution in [1.82, 2.24) is 9.88 Å². The van der Waals surface area contributed by atoms with Crippen LogP contribution >= 0.6 is 11.6 Å². The zero-order valence-electron chi connectivity index (χ0n) is 14.8. The summed E-state index contributed by atoms with van der Waals surface area (Å²) in [5.41, 5.74) is 6.44. The Bertz CT molecular complexity index is 815. The minimum Gasteiger partial charge on any atom is -0.472 e. The number of aromatic nitrogens is 1. The van der Waals surface area contributed by atoms with E-state index in [1.54, 1.807) is 0 Å². The molecule has 2 heterocycles. The van der Waals surface area contributed by atoms with E-state index in [2.05, 4.69) is 35.8 Å². The molecule has 0 aliphatic carbocycles. The van der Waals surface area contributed by atoms with Gasteiger partial charge in [-0.2, -0.15) is 5.10 Å². The summed E-state index contributed by atoms with van der Waals surface area (Å²) in [6.07, 6.45) is 0.993. The van der Waals surface area contributed by atoms with Gasteiger partial charge in [-0.15, -0.1) is 0 Å². The number of hydrogen-bond acceptors (Lipinski definition) is 5. The summed E-state index contributed by atoms with van der Waals surface area (Å²) in [6, 6.07) is 7.47. The van der Waals surface area contributed by atoms with Crippen LogP contribution in [-0.4, -0.2) is 40.5 Å². The van der Waals surface area contributed by atoms with Gasteiger partial charge < -0.3 is 16.3 Å². The highest BCUT2D eigenvalue weighted by atomic mass is 35.5. The van der Waals surface area contributed by atoms with Gasteiger partial charge in [0.1, 0.15) is 11.8 Å². The van der Waals surface area contributed by atoms with Gasteiger partial charge in [-0.1, -0.05) is 23.7 Å². The molecule has 134 valence electrons. The Morgan fingerprint density at radius 1 is 1.40 bits per heavy atom. The van der Waals surface area contributed by atoms with Crippen molar-refractivity contribution in [2.24, 2.45) is 16.7 Å². The van der Waals surface area contributed by atoms with E-state index < -0.39 is 0 Å². The van der Waals surface area contributed by atoms with Crippen molar-refractivity contribution >= 4 is 28.2 Å². The summed E-state index contributed by atoms with van der Waals surface area (Å²) in [6.45, 7) is 8.46. The molecule has 0 bridgehead atoms. The Balaban J connectivity index is 1.97. The predicted molar refractivity (Wildman–Crippen MR) is 102 cm³/mol. The molecule has 0 unspecified atom stereocenters. The highest BCUT2D eigenvalue weighted by Crippen LogP contribution is 2.33. The van der Waals surface area contributed by atoms with Gasteiger partial charge in [-0.05, 0) is 44.7 Å². The number of nitrogens with two attached hydrogens (primary N) is 2. The monoisotopic (exact) mass is 361 g/mol. The Kier molecular flexibility index (Phi) is 4.75. The Morgan fingerprint density at radius 2 is 2.16 bits per heavy atom.